The zero-order valence-electron chi connectivity index (χ0n) is 14.6. The molecule has 138 valence electrons. The Kier molecular flexibility index (Phi) is 5.89. The van der Waals surface area contributed by atoms with Crippen molar-refractivity contribution in [2.24, 2.45) is 4.99 Å². The number of aromatic nitrogens is 1. The largest absolute Gasteiger partial charge is 0.494 e. The number of hydrogen-bond acceptors (Lipinski definition) is 4. The van der Waals surface area contributed by atoms with Gasteiger partial charge in [0.15, 0.2) is 11.4 Å². The minimum Gasteiger partial charge on any atom is -0.494 e. The van der Waals surface area contributed by atoms with E-state index >= 15 is 0 Å². The van der Waals surface area contributed by atoms with E-state index in [9.17, 15) is 9.18 Å². The number of fused-ring (bicyclic) bond motifs is 1. The number of halogens is 1. The molecule has 3 rings (SSSR count). The Hall–Kier alpha value is -3.11. The second kappa shape index (κ2) is 8.52. The van der Waals surface area contributed by atoms with Crippen LogP contribution in [-0.4, -0.2) is 23.7 Å². The quantitative estimate of drug-likeness (QED) is 0.612. The fourth-order valence-corrected chi connectivity index (χ4v) is 3.55. The maximum atomic E-state index is 14.1. The maximum absolute atomic E-state index is 14.1. The summed E-state index contributed by atoms with van der Waals surface area (Å²) in [6.07, 6.45) is 5.38. The van der Waals surface area contributed by atoms with Crippen molar-refractivity contribution in [2.75, 3.05) is 13.2 Å². The monoisotopic (exact) mass is 384 g/mol. The SMILES string of the molecule is C#CCn1c(=NC(=O)COc2ccc(OCC)cc2)sc2cccc(F)c21. The van der Waals surface area contributed by atoms with Gasteiger partial charge < -0.3 is 14.0 Å². The second-order valence-corrected chi connectivity index (χ2v) is 6.47. The molecule has 1 aromatic heterocycles. The van der Waals surface area contributed by atoms with Crippen molar-refractivity contribution < 1.29 is 18.7 Å². The Labute approximate surface area is 159 Å². The third-order valence-electron chi connectivity index (χ3n) is 3.62. The van der Waals surface area contributed by atoms with E-state index in [-0.39, 0.29) is 13.2 Å². The maximum Gasteiger partial charge on any atom is 0.286 e. The molecule has 2 aromatic carbocycles. The zero-order valence-corrected chi connectivity index (χ0v) is 15.5. The Morgan fingerprint density at radius 1 is 1.22 bits per heavy atom. The molecule has 3 aromatic rings. The van der Waals surface area contributed by atoms with Crippen LogP contribution in [0.4, 0.5) is 4.39 Å². The summed E-state index contributed by atoms with van der Waals surface area (Å²) in [5.74, 6) is 2.83. The first-order valence-corrected chi connectivity index (χ1v) is 9.08. The van der Waals surface area contributed by atoms with Gasteiger partial charge >= 0.3 is 0 Å². The van der Waals surface area contributed by atoms with E-state index in [1.54, 1.807) is 36.4 Å². The fourth-order valence-electron chi connectivity index (χ4n) is 2.49. The van der Waals surface area contributed by atoms with Crippen LogP contribution in [0.2, 0.25) is 0 Å². The molecule has 0 fully saturated rings. The lowest BCUT2D eigenvalue weighted by Gasteiger charge is -2.06. The number of hydrogen-bond donors (Lipinski definition) is 0. The molecule has 0 saturated heterocycles. The summed E-state index contributed by atoms with van der Waals surface area (Å²) in [5.41, 5.74) is 0.347. The molecular weight excluding hydrogens is 367 g/mol. The highest BCUT2D eigenvalue weighted by Crippen LogP contribution is 2.20. The summed E-state index contributed by atoms with van der Waals surface area (Å²) in [6, 6.07) is 11.7. The van der Waals surface area contributed by atoms with Gasteiger partial charge in [0, 0.05) is 0 Å². The van der Waals surface area contributed by atoms with Gasteiger partial charge in [-0.05, 0) is 43.3 Å². The average Bonchev–Trinajstić information content (AvgIpc) is 3.00. The van der Waals surface area contributed by atoms with Gasteiger partial charge in [-0.1, -0.05) is 23.3 Å². The van der Waals surface area contributed by atoms with Gasteiger partial charge in [-0.3, -0.25) is 4.79 Å². The van der Waals surface area contributed by atoms with Crippen molar-refractivity contribution in [1.82, 2.24) is 4.57 Å². The van der Waals surface area contributed by atoms with Crippen LogP contribution in [0.25, 0.3) is 10.2 Å². The van der Waals surface area contributed by atoms with E-state index in [2.05, 4.69) is 10.9 Å². The molecule has 0 radical (unpaired) electrons. The molecule has 0 bridgehead atoms. The van der Waals surface area contributed by atoms with Crippen LogP contribution in [-0.2, 0) is 11.3 Å². The molecule has 5 nitrogen and oxygen atoms in total. The fraction of sp³-hybridized carbons (Fsp3) is 0.200. The van der Waals surface area contributed by atoms with Gasteiger partial charge in [0.25, 0.3) is 5.91 Å². The molecule has 0 saturated carbocycles. The zero-order chi connectivity index (χ0) is 19.2. The highest BCUT2D eigenvalue weighted by Gasteiger charge is 2.11. The second-order valence-electron chi connectivity index (χ2n) is 5.46. The van der Waals surface area contributed by atoms with Crippen molar-refractivity contribution in [2.45, 2.75) is 13.5 Å². The van der Waals surface area contributed by atoms with Crippen LogP contribution in [0.5, 0.6) is 11.5 Å². The molecule has 0 aliphatic carbocycles. The summed E-state index contributed by atoms with van der Waals surface area (Å²) in [5, 5.41) is 0. The van der Waals surface area contributed by atoms with E-state index in [0.29, 0.717) is 27.4 Å². The van der Waals surface area contributed by atoms with Crippen LogP contribution >= 0.6 is 11.3 Å². The number of terminal acetylenes is 1. The van der Waals surface area contributed by atoms with E-state index in [1.807, 2.05) is 6.92 Å². The van der Waals surface area contributed by atoms with Crippen molar-refractivity contribution in [1.29, 1.82) is 0 Å². The minimum absolute atomic E-state index is 0.118. The van der Waals surface area contributed by atoms with Crippen LogP contribution in [0.1, 0.15) is 6.92 Å². The highest BCUT2D eigenvalue weighted by atomic mass is 32.1. The topological polar surface area (TPSA) is 52.8 Å². The lowest BCUT2D eigenvalue weighted by molar-refractivity contribution is -0.120. The number of benzene rings is 2. The molecular formula is C20H17FN2O3S. The van der Waals surface area contributed by atoms with E-state index in [4.69, 9.17) is 15.9 Å². The van der Waals surface area contributed by atoms with E-state index in [0.717, 1.165) is 5.75 Å². The number of ether oxygens (including phenoxy) is 2. The number of para-hydroxylation sites is 1. The van der Waals surface area contributed by atoms with Gasteiger partial charge in [0.1, 0.15) is 17.3 Å². The lowest BCUT2D eigenvalue weighted by Crippen LogP contribution is -2.19. The number of amides is 1. The van der Waals surface area contributed by atoms with Gasteiger partial charge in [-0.15, -0.1) is 6.42 Å². The average molecular weight is 384 g/mol. The Balaban J connectivity index is 1.80. The van der Waals surface area contributed by atoms with Crippen molar-refractivity contribution in [3.8, 4) is 23.8 Å². The molecule has 0 unspecified atom stereocenters. The lowest BCUT2D eigenvalue weighted by atomic mass is 10.3. The Morgan fingerprint density at radius 2 is 1.93 bits per heavy atom. The normalized spacial score (nSPS) is 11.4. The van der Waals surface area contributed by atoms with Crippen LogP contribution in [0.15, 0.2) is 47.5 Å². The van der Waals surface area contributed by atoms with Gasteiger partial charge in [-0.25, -0.2) is 4.39 Å². The van der Waals surface area contributed by atoms with E-state index < -0.39 is 11.7 Å². The first kappa shape index (κ1) is 18.7. The van der Waals surface area contributed by atoms with Gasteiger partial charge in [0.2, 0.25) is 0 Å². The predicted octanol–water partition coefficient (Wildman–Crippen LogP) is 3.38. The summed E-state index contributed by atoms with van der Waals surface area (Å²) in [6.45, 7) is 2.36. The molecule has 7 heteroatoms. The molecule has 0 aliphatic rings. The Morgan fingerprint density at radius 3 is 2.59 bits per heavy atom. The molecule has 0 aliphatic heterocycles. The smallest absolute Gasteiger partial charge is 0.286 e. The first-order chi connectivity index (χ1) is 13.1. The molecule has 0 N–H and O–H groups in total. The summed E-state index contributed by atoms with van der Waals surface area (Å²) in [4.78, 5) is 16.6. The first-order valence-electron chi connectivity index (χ1n) is 8.27. The predicted molar refractivity (Wildman–Crippen MR) is 102 cm³/mol. The van der Waals surface area contributed by atoms with Crippen molar-refractivity contribution in [3.05, 3.63) is 53.1 Å². The number of thiazole rings is 1. The molecule has 1 amide bonds. The minimum atomic E-state index is -0.485. The standard InChI is InChI=1S/C20H17FN2O3S/c1-3-12-23-19-16(21)6-5-7-17(19)27-20(23)22-18(24)13-26-15-10-8-14(9-11-15)25-4-2/h1,5-11H,4,12-13H2,2H3. The number of carbonyl (C=O) groups is 1. The molecule has 1 heterocycles. The van der Waals surface area contributed by atoms with Gasteiger partial charge in [-0.2, -0.15) is 4.99 Å². The van der Waals surface area contributed by atoms with Gasteiger partial charge in [0.05, 0.1) is 23.4 Å². The van der Waals surface area contributed by atoms with Crippen molar-refractivity contribution >= 4 is 27.5 Å². The number of rotatable bonds is 6. The van der Waals surface area contributed by atoms with Crippen LogP contribution in [0, 0.1) is 18.2 Å². The third-order valence-corrected chi connectivity index (χ3v) is 4.66. The summed E-state index contributed by atoms with van der Waals surface area (Å²) < 4.78 is 27.1. The van der Waals surface area contributed by atoms with Crippen LogP contribution in [0.3, 0.4) is 0 Å². The third kappa shape index (κ3) is 4.36. The number of carbonyl (C=O) groups excluding carboxylic acids is 1. The molecule has 0 spiro atoms. The van der Waals surface area contributed by atoms with Crippen LogP contribution < -0.4 is 14.3 Å². The molecule has 0 atom stereocenters. The summed E-state index contributed by atoms with van der Waals surface area (Å²) in [7, 11) is 0. The number of nitrogens with zero attached hydrogens (tertiary/aromatic N) is 2. The van der Waals surface area contributed by atoms with Crippen molar-refractivity contribution in [3.63, 3.8) is 0 Å². The molecule has 27 heavy (non-hydrogen) atoms. The highest BCUT2D eigenvalue weighted by molar-refractivity contribution is 7.16. The van der Waals surface area contributed by atoms with E-state index in [1.165, 1.54) is 22.0 Å². The summed E-state index contributed by atoms with van der Waals surface area (Å²) >= 11 is 1.20. The Bertz CT molecular complexity index is 1060.